The number of furan rings is 1. The fraction of sp³-hybridized carbons (Fsp3) is 0.227. The van der Waals surface area contributed by atoms with Crippen molar-refractivity contribution in [1.29, 1.82) is 0 Å². The number of carbonyl (C=O) groups is 1. The van der Waals surface area contributed by atoms with Crippen molar-refractivity contribution in [2.24, 2.45) is 0 Å². The molecule has 1 amide bonds. The first-order chi connectivity index (χ1) is 13.8. The third-order valence-electron chi connectivity index (χ3n) is 4.57. The molecule has 0 aliphatic carbocycles. The zero-order chi connectivity index (χ0) is 21.0. The Morgan fingerprint density at radius 1 is 1.14 bits per heavy atom. The maximum Gasteiger partial charge on any atom is 0.248 e. The average molecular weight is 413 g/mol. The second-order valence-corrected chi connectivity index (χ2v) is 8.66. The summed E-state index contributed by atoms with van der Waals surface area (Å²) in [6.45, 7) is 5.36. The summed E-state index contributed by atoms with van der Waals surface area (Å²) in [5.74, 6) is 0.551. The van der Waals surface area contributed by atoms with Crippen LogP contribution in [0, 0.1) is 6.92 Å². The molecule has 7 heteroatoms. The molecule has 152 valence electrons. The predicted octanol–water partition coefficient (Wildman–Crippen LogP) is 4.72. The largest absolute Gasteiger partial charge is 0.460 e. The van der Waals surface area contributed by atoms with Gasteiger partial charge < -0.3 is 9.73 Å². The number of fused-ring (bicyclic) bond motifs is 1. The minimum Gasteiger partial charge on any atom is -0.460 e. The van der Waals surface area contributed by atoms with E-state index >= 15 is 0 Å². The fourth-order valence-corrected chi connectivity index (χ4v) is 3.71. The second kappa shape index (κ2) is 8.53. The highest BCUT2D eigenvalue weighted by molar-refractivity contribution is 7.92. The lowest BCUT2D eigenvalue weighted by molar-refractivity contribution is -0.111. The third-order valence-corrected chi connectivity index (χ3v) is 5.86. The summed E-state index contributed by atoms with van der Waals surface area (Å²) in [4.78, 5) is 12.4. The molecule has 0 radical (unpaired) electrons. The topological polar surface area (TPSA) is 88.4 Å². The highest BCUT2D eigenvalue weighted by atomic mass is 32.2. The van der Waals surface area contributed by atoms with Crippen LogP contribution < -0.4 is 10.0 Å². The van der Waals surface area contributed by atoms with Gasteiger partial charge in [-0.05, 0) is 49.8 Å². The van der Waals surface area contributed by atoms with Crippen LogP contribution in [0.5, 0.6) is 0 Å². The van der Waals surface area contributed by atoms with E-state index in [4.69, 9.17) is 4.42 Å². The summed E-state index contributed by atoms with van der Waals surface area (Å²) in [5.41, 5.74) is 3.50. The molecule has 6 nitrogen and oxygen atoms in total. The Morgan fingerprint density at radius 3 is 2.59 bits per heavy atom. The van der Waals surface area contributed by atoms with Crippen molar-refractivity contribution in [2.75, 3.05) is 15.8 Å². The van der Waals surface area contributed by atoms with Crippen molar-refractivity contribution in [3.05, 3.63) is 65.4 Å². The highest BCUT2D eigenvalue weighted by Crippen LogP contribution is 2.27. The fourth-order valence-electron chi connectivity index (χ4n) is 3.00. The Labute approximate surface area is 170 Å². The zero-order valence-electron chi connectivity index (χ0n) is 16.7. The monoisotopic (exact) mass is 412 g/mol. The van der Waals surface area contributed by atoms with E-state index < -0.39 is 10.0 Å². The normalized spacial score (nSPS) is 11.8. The molecule has 0 saturated carbocycles. The van der Waals surface area contributed by atoms with Gasteiger partial charge in [0, 0.05) is 29.1 Å². The summed E-state index contributed by atoms with van der Waals surface area (Å²) in [6.07, 6.45) is 3.96. The molecule has 2 N–H and O–H groups in total. The molecule has 3 aromatic rings. The number of carbonyl (C=O) groups excluding carboxylic acids is 1. The van der Waals surface area contributed by atoms with Crippen LogP contribution >= 0.6 is 0 Å². The molecule has 29 heavy (non-hydrogen) atoms. The van der Waals surface area contributed by atoms with E-state index in [-0.39, 0.29) is 11.7 Å². The van der Waals surface area contributed by atoms with E-state index in [1.807, 2.05) is 31.2 Å². The van der Waals surface area contributed by atoms with Crippen molar-refractivity contribution < 1.29 is 17.6 Å². The number of rotatable bonds is 7. The molecule has 0 unspecified atom stereocenters. The predicted molar refractivity (Wildman–Crippen MR) is 118 cm³/mol. The van der Waals surface area contributed by atoms with Gasteiger partial charge in [-0.1, -0.05) is 25.1 Å². The number of hydrogen-bond acceptors (Lipinski definition) is 4. The molecule has 2 aromatic carbocycles. The molecule has 0 saturated heterocycles. The summed E-state index contributed by atoms with van der Waals surface area (Å²) in [5, 5.41) is 3.77. The Bertz CT molecular complexity index is 1180. The molecule has 0 atom stereocenters. The van der Waals surface area contributed by atoms with Gasteiger partial charge in [0.2, 0.25) is 15.9 Å². The number of sulfonamides is 1. The quantitative estimate of drug-likeness (QED) is 0.550. The standard InChI is InChI=1S/C22H24N2O4S/c1-4-20-18(17-8-6-7-9-21(17)28-20)11-13-22(25)23-16-10-12-19(15(3)14-16)24-29(26,27)5-2/h6-14,24H,4-5H2,1-3H3,(H,23,25)/b13-11+. The van der Waals surface area contributed by atoms with Gasteiger partial charge in [-0.2, -0.15) is 0 Å². The van der Waals surface area contributed by atoms with Crippen molar-refractivity contribution in [2.45, 2.75) is 27.2 Å². The lowest BCUT2D eigenvalue weighted by atomic mass is 10.1. The Balaban J connectivity index is 1.75. The van der Waals surface area contributed by atoms with Crippen LogP contribution in [0.15, 0.2) is 53.0 Å². The maximum absolute atomic E-state index is 12.4. The van der Waals surface area contributed by atoms with Crippen molar-refractivity contribution in [3.8, 4) is 0 Å². The van der Waals surface area contributed by atoms with E-state index in [2.05, 4.69) is 10.0 Å². The van der Waals surface area contributed by atoms with Gasteiger partial charge >= 0.3 is 0 Å². The molecule has 0 spiro atoms. The van der Waals surface area contributed by atoms with Gasteiger partial charge in [-0.15, -0.1) is 0 Å². The molecular formula is C22H24N2O4S. The van der Waals surface area contributed by atoms with Gasteiger partial charge in [0.25, 0.3) is 0 Å². The van der Waals surface area contributed by atoms with Crippen molar-refractivity contribution in [1.82, 2.24) is 0 Å². The van der Waals surface area contributed by atoms with Crippen molar-refractivity contribution >= 4 is 44.4 Å². The number of amides is 1. The van der Waals surface area contributed by atoms with Crippen LogP contribution in [0.2, 0.25) is 0 Å². The lowest BCUT2D eigenvalue weighted by Gasteiger charge is -2.11. The highest BCUT2D eigenvalue weighted by Gasteiger charge is 2.11. The number of nitrogens with one attached hydrogen (secondary N) is 2. The minimum absolute atomic E-state index is 0.00182. The number of para-hydroxylation sites is 1. The Morgan fingerprint density at radius 2 is 1.90 bits per heavy atom. The van der Waals surface area contributed by atoms with Crippen LogP contribution in [0.25, 0.3) is 17.0 Å². The summed E-state index contributed by atoms with van der Waals surface area (Å²) >= 11 is 0. The summed E-state index contributed by atoms with van der Waals surface area (Å²) < 4.78 is 31.8. The summed E-state index contributed by atoms with van der Waals surface area (Å²) in [6, 6.07) is 12.8. The van der Waals surface area contributed by atoms with Crippen LogP contribution in [0.3, 0.4) is 0 Å². The van der Waals surface area contributed by atoms with E-state index in [1.165, 1.54) is 6.08 Å². The van der Waals surface area contributed by atoms with Crippen LogP contribution in [-0.4, -0.2) is 20.1 Å². The lowest BCUT2D eigenvalue weighted by Crippen LogP contribution is -2.15. The SMILES string of the molecule is CCc1oc2ccccc2c1/C=C/C(=O)Nc1ccc(NS(=O)(=O)CC)c(C)c1. The van der Waals surface area contributed by atoms with Gasteiger partial charge in [0.05, 0.1) is 11.4 Å². The molecule has 0 bridgehead atoms. The van der Waals surface area contributed by atoms with Gasteiger partial charge in [-0.3, -0.25) is 9.52 Å². The van der Waals surface area contributed by atoms with Gasteiger partial charge in [-0.25, -0.2) is 8.42 Å². The van der Waals surface area contributed by atoms with E-state index in [0.717, 1.165) is 34.3 Å². The molecule has 1 heterocycles. The Kier molecular flexibility index (Phi) is 6.08. The van der Waals surface area contributed by atoms with Gasteiger partial charge in [0.1, 0.15) is 11.3 Å². The molecule has 3 rings (SSSR count). The average Bonchev–Trinajstić information content (AvgIpc) is 3.06. The molecule has 1 aromatic heterocycles. The molecule has 0 fully saturated rings. The summed E-state index contributed by atoms with van der Waals surface area (Å²) in [7, 11) is -3.35. The van der Waals surface area contributed by atoms with Crippen LogP contribution in [0.1, 0.15) is 30.7 Å². The maximum atomic E-state index is 12.4. The van der Waals surface area contributed by atoms with E-state index in [9.17, 15) is 13.2 Å². The van der Waals surface area contributed by atoms with Crippen LogP contribution in [0.4, 0.5) is 11.4 Å². The van der Waals surface area contributed by atoms with E-state index in [0.29, 0.717) is 11.4 Å². The number of anilines is 2. The minimum atomic E-state index is -3.35. The third kappa shape index (κ3) is 4.86. The first kappa shape index (κ1) is 20.7. The first-order valence-electron chi connectivity index (χ1n) is 9.43. The number of hydrogen-bond donors (Lipinski definition) is 2. The molecular weight excluding hydrogens is 388 g/mol. The second-order valence-electron chi connectivity index (χ2n) is 6.65. The number of aryl methyl sites for hydroxylation is 2. The zero-order valence-corrected chi connectivity index (χ0v) is 17.5. The first-order valence-corrected chi connectivity index (χ1v) is 11.1. The Hall–Kier alpha value is -3.06. The van der Waals surface area contributed by atoms with Crippen LogP contribution in [-0.2, 0) is 21.2 Å². The molecule has 0 aliphatic rings. The van der Waals surface area contributed by atoms with Gasteiger partial charge in [0.15, 0.2) is 0 Å². The van der Waals surface area contributed by atoms with E-state index in [1.54, 1.807) is 38.1 Å². The number of benzene rings is 2. The van der Waals surface area contributed by atoms with Crippen molar-refractivity contribution in [3.63, 3.8) is 0 Å². The smallest absolute Gasteiger partial charge is 0.248 e. The molecule has 0 aliphatic heterocycles.